The zero-order valence-corrected chi connectivity index (χ0v) is 14.4. The molecule has 1 saturated carbocycles. The fraction of sp³-hybridized carbons (Fsp3) is 0.438. The SMILES string of the molecule is Nc1nnc(S[C@@H](C(=O)NC2CCCCC2)c2ccccc2)s1. The number of nitrogens with two attached hydrogens (primary N) is 1. The zero-order chi connectivity index (χ0) is 16.1. The predicted octanol–water partition coefficient (Wildman–Crippen LogP) is 3.40. The van der Waals surface area contributed by atoms with Crippen molar-refractivity contribution in [3.05, 3.63) is 35.9 Å². The number of nitrogens with zero attached hydrogens (tertiary/aromatic N) is 2. The standard InChI is InChI=1S/C16H20N4OS2/c17-15-19-20-16(23-15)22-13(11-7-3-1-4-8-11)14(21)18-12-9-5-2-6-10-12/h1,3-4,7-8,12-13H,2,5-6,9-10H2,(H2,17,19)(H,18,21)/t13-/m1/s1. The van der Waals surface area contributed by atoms with Crippen molar-refractivity contribution >= 4 is 34.1 Å². The number of hydrogen-bond donors (Lipinski definition) is 2. The number of carbonyl (C=O) groups is 1. The van der Waals surface area contributed by atoms with Crippen LogP contribution >= 0.6 is 23.1 Å². The van der Waals surface area contributed by atoms with E-state index >= 15 is 0 Å². The summed E-state index contributed by atoms with van der Waals surface area (Å²) in [5, 5.41) is 11.2. The number of hydrogen-bond acceptors (Lipinski definition) is 6. The van der Waals surface area contributed by atoms with E-state index in [0.717, 1.165) is 22.7 Å². The summed E-state index contributed by atoms with van der Waals surface area (Å²) < 4.78 is 0.718. The molecule has 0 aliphatic heterocycles. The molecule has 3 N–H and O–H groups in total. The molecule has 1 atom stereocenters. The van der Waals surface area contributed by atoms with E-state index in [4.69, 9.17) is 5.73 Å². The van der Waals surface area contributed by atoms with Crippen LogP contribution in [0.1, 0.15) is 42.9 Å². The van der Waals surface area contributed by atoms with E-state index in [-0.39, 0.29) is 11.2 Å². The molecule has 1 heterocycles. The molecule has 7 heteroatoms. The van der Waals surface area contributed by atoms with Gasteiger partial charge in [-0.1, -0.05) is 72.7 Å². The molecule has 0 radical (unpaired) electrons. The highest BCUT2D eigenvalue weighted by Gasteiger charge is 2.26. The Morgan fingerprint density at radius 2 is 1.96 bits per heavy atom. The Labute approximate surface area is 144 Å². The molecule has 0 spiro atoms. The first-order chi connectivity index (χ1) is 11.2. The molecule has 0 unspecified atom stereocenters. The van der Waals surface area contributed by atoms with Crippen molar-refractivity contribution in [1.29, 1.82) is 0 Å². The zero-order valence-electron chi connectivity index (χ0n) is 12.8. The monoisotopic (exact) mass is 348 g/mol. The summed E-state index contributed by atoms with van der Waals surface area (Å²) in [6, 6.07) is 10.1. The molecule has 1 aromatic carbocycles. The average Bonchev–Trinajstić information content (AvgIpc) is 2.99. The Balaban J connectivity index is 1.75. The molecule has 3 rings (SSSR count). The third kappa shape index (κ3) is 4.45. The summed E-state index contributed by atoms with van der Waals surface area (Å²) in [5.74, 6) is 0.0434. The minimum absolute atomic E-state index is 0.0434. The van der Waals surface area contributed by atoms with E-state index in [2.05, 4.69) is 15.5 Å². The molecule has 1 aliphatic carbocycles. The molecule has 23 heavy (non-hydrogen) atoms. The molecule has 1 aromatic heterocycles. The maximum absolute atomic E-state index is 12.8. The summed E-state index contributed by atoms with van der Waals surface area (Å²) in [4.78, 5) is 12.8. The molecule has 122 valence electrons. The predicted molar refractivity (Wildman–Crippen MR) is 94.4 cm³/mol. The van der Waals surface area contributed by atoms with E-state index in [1.165, 1.54) is 42.4 Å². The Kier molecular flexibility index (Phi) is 5.51. The van der Waals surface area contributed by atoms with Gasteiger partial charge >= 0.3 is 0 Å². The minimum atomic E-state index is -0.328. The fourth-order valence-corrected chi connectivity index (χ4v) is 4.63. The molecular formula is C16H20N4OS2. The van der Waals surface area contributed by atoms with Crippen LogP contribution in [0.3, 0.4) is 0 Å². The number of rotatable bonds is 5. The number of nitrogens with one attached hydrogen (secondary N) is 1. The summed E-state index contributed by atoms with van der Waals surface area (Å²) in [7, 11) is 0. The van der Waals surface area contributed by atoms with Gasteiger partial charge in [0.15, 0.2) is 4.34 Å². The van der Waals surface area contributed by atoms with E-state index in [9.17, 15) is 4.79 Å². The van der Waals surface area contributed by atoms with Crippen molar-refractivity contribution < 1.29 is 4.79 Å². The van der Waals surface area contributed by atoms with Crippen molar-refractivity contribution in [2.24, 2.45) is 0 Å². The van der Waals surface area contributed by atoms with Crippen molar-refractivity contribution in [3.63, 3.8) is 0 Å². The highest BCUT2D eigenvalue weighted by atomic mass is 32.2. The Morgan fingerprint density at radius 3 is 2.61 bits per heavy atom. The fourth-order valence-electron chi connectivity index (χ4n) is 2.79. The first-order valence-corrected chi connectivity index (χ1v) is 9.53. The van der Waals surface area contributed by atoms with Crippen LogP contribution in [-0.2, 0) is 4.79 Å². The largest absolute Gasteiger partial charge is 0.374 e. The average molecular weight is 348 g/mol. The van der Waals surface area contributed by atoms with Gasteiger partial charge in [-0.25, -0.2) is 0 Å². The van der Waals surface area contributed by atoms with Gasteiger partial charge in [0.05, 0.1) is 0 Å². The smallest absolute Gasteiger partial charge is 0.238 e. The second-order valence-electron chi connectivity index (χ2n) is 5.66. The van der Waals surface area contributed by atoms with Gasteiger partial charge in [-0.15, -0.1) is 10.2 Å². The van der Waals surface area contributed by atoms with Gasteiger partial charge in [0.1, 0.15) is 5.25 Å². The highest BCUT2D eigenvalue weighted by molar-refractivity contribution is 8.01. The van der Waals surface area contributed by atoms with Crippen molar-refractivity contribution in [2.45, 2.75) is 47.7 Å². The normalized spacial score (nSPS) is 16.9. The number of thioether (sulfide) groups is 1. The lowest BCUT2D eigenvalue weighted by Crippen LogP contribution is -2.38. The lowest BCUT2D eigenvalue weighted by Gasteiger charge is -2.25. The summed E-state index contributed by atoms with van der Waals surface area (Å²) in [6.07, 6.45) is 5.81. The van der Waals surface area contributed by atoms with Crippen LogP contribution in [0.2, 0.25) is 0 Å². The van der Waals surface area contributed by atoms with E-state index in [1.807, 2.05) is 30.3 Å². The van der Waals surface area contributed by atoms with Crippen LogP contribution in [0, 0.1) is 0 Å². The molecular weight excluding hydrogens is 328 g/mol. The maximum Gasteiger partial charge on any atom is 0.238 e. The van der Waals surface area contributed by atoms with Gasteiger partial charge in [0.25, 0.3) is 0 Å². The lowest BCUT2D eigenvalue weighted by atomic mass is 9.95. The second kappa shape index (κ2) is 7.79. The first-order valence-electron chi connectivity index (χ1n) is 7.83. The summed E-state index contributed by atoms with van der Waals surface area (Å²) in [5.41, 5.74) is 6.62. The van der Waals surface area contributed by atoms with E-state index < -0.39 is 0 Å². The van der Waals surface area contributed by atoms with E-state index in [1.54, 1.807) is 0 Å². The van der Waals surface area contributed by atoms with Crippen molar-refractivity contribution in [3.8, 4) is 0 Å². The molecule has 0 bridgehead atoms. The summed E-state index contributed by atoms with van der Waals surface area (Å²) in [6.45, 7) is 0. The number of aromatic nitrogens is 2. The highest BCUT2D eigenvalue weighted by Crippen LogP contribution is 2.37. The van der Waals surface area contributed by atoms with Crippen LogP contribution < -0.4 is 11.1 Å². The second-order valence-corrected chi connectivity index (χ2v) is 8.02. The number of anilines is 1. The Hall–Kier alpha value is -1.60. The van der Waals surface area contributed by atoms with Gasteiger partial charge in [-0.05, 0) is 18.4 Å². The minimum Gasteiger partial charge on any atom is -0.374 e. The molecule has 1 fully saturated rings. The van der Waals surface area contributed by atoms with Crippen molar-refractivity contribution in [1.82, 2.24) is 15.5 Å². The van der Waals surface area contributed by atoms with Crippen molar-refractivity contribution in [2.75, 3.05) is 5.73 Å². The number of amides is 1. The van der Waals surface area contributed by atoms with Gasteiger partial charge in [0, 0.05) is 6.04 Å². The quantitative estimate of drug-likeness (QED) is 0.809. The number of benzene rings is 1. The first kappa shape index (κ1) is 16.3. The van der Waals surface area contributed by atoms with Crippen LogP contribution in [0.5, 0.6) is 0 Å². The number of carbonyl (C=O) groups excluding carboxylic acids is 1. The molecule has 2 aromatic rings. The maximum atomic E-state index is 12.8. The van der Waals surface area contributed by atoms with Gasteiger partial charge in [-0.2, -0.15) is 0 Å². The van der Waals surface area contributed by atoms with Crippen LogP contribution in [0.15, 0.2) is 34.7 Å². The third-order valence-corrected chi connectivity index (χ3v) is 6.02. The molecule has 0 saturated heterocycles. The lowest BCUT2D eigenvalue weighted by molar-refractivity contribution is -0.121. The molecule has 5 nitrogen and oxygen atoms in total. The number of nitrogen functional groups attached to an aromatic ring is 1. The van der Waals surface area contributed by atoms with E-state index in [0.29, 0.717) is 11.2 Å². The van der Waals surface area contributed by atoms with Crippen LogP contribution in [0.25, 0.3) is 0 Å². The van der Waals surface area contributed by atoms with Gasteiger partial charge in [0.2, 0.25) is 11.0 Å². The Bertz CT molecular complexity index is 641. The van der Waals surface area contributed by atoms with Gasteiger partial charge in [-0.3, -0.25) is 4.79 Å². The third-order valence-electron chi connectivity index (χ3n) is 3.93. The molecule has 1 aliphatic rings. The van der Waals surface area contributed by atoms with Gasteiger partial charge < -0.3 is 11.1 Å². The summed E-state index contributed by atoms with van der Waals surface area (Å²) >= 11 is 2.72. The Morgan fingerprint density at radius 1 is 1.22 bits per heavy atom. The van der Waals surface area contributed by atoms with Crippen LogP contribution in [-0.4, -0.2) is 22.1 Å². The topological polar surface area (TPSA) is 80.9 Å². The molecule has 1 amide bonds. The van der Waals surface area contributed by atoms with Crippen LogP contribution in [0.4, 0.5) is 5.13 Å².